The van der Waals surface area contributed by atoms with Crippen molar-refractivity contribution in [2.24, 2.45) is 0 Å². The molecule has 0 aliphatic rings. The summed E-state index contributed by atoms with van der Waals surface area (Å²) >= 11 is 9.31. The van der Waals surface area contributed by atoms with Gasteiger partial charge in [-0.3, -0.25) is 4.79 Å². The van der Waals surface area contributed by atoms with E-state index in [0.717, 1.165) is 10.8 Å². The molecule has 0 aliphatic carbocycles. The number of benzene rings is 1. The van der Waals surface area contributed by atoms with Crippen molar-refractivity contribution in [1.82, 2.24) is 4.98 Å². The quantitative estimate of drug-likeness (QED) is 0.801. The molecule has 0 radical (unpaired) electrons. The second kappa shape index (κ2) is 5.29. The second-order valence-corrected chi connectivity index (χ2v) is 4.55. The number of hydrogen-bond donors (Lipinski definition) is 0. The van der Waals surface area contributed by atoms with Gasteiger partial charge in [-0.2, -0.15) is 0 Å². The molecule has 0 N–H and O–H groups in total. The lowest BCUT2D eigenvalue weighted by Crippen LogP contribution is -1.90. The van der Waals surface area contributed by atoms with Gasteiger partial charge in [-0.1, -0.05) is 27.5 Å². The minimum atomic E-state index is 0.389. The van der Waals surface area contributed by atoms with Gasteiger partial charge in [0.05, 0.1) is 5.02 Å². The van der Waals surface area contributed by atoms with Gasteiger partial charge in [-0.15, -0.1) is 0 Å². The van der Waals surface area contributed by atoms with E-state index in [9.17, 15) is 4.79 Å². The Morgan fingerprint density at radius 2 is 2.12 bits per heavy atom. The highest BCUT2D eigenvalue weighted by Gasteiger charge is 2.04. The summed E-state index contributed by atoms with van der Waals surface area (Å²) in [7, 11) is 0. The predicted molar refractivity (Wildman–Crippen MR) is 68.9 cm³/mol. The van der Waals surface area contributed by atoms with Crippen LogP contribution in [0.5, 0.6) is 11.6 Å². The maximum atomic E-state index is 10.5. The van der Waals surface area contributed by atoms with Crippen LogP contribution in [0.2, 0.25) is 5.02 Å². The molecule has 2 rings (SSSR count). The van der Waals surface area contributed by atoms with Crippen molar-refractivity contribution in [1.29, 1.82) is 0 Å². The Balaban J connectivity index is 2.22. The number of aromatic nitrogens is 1. The fraction of sp³-hybridized carbons (Fsp3) is 0. The molecule has 17 heavy (non-hydrogen) atoms. The lowest BCUT2D eigenvalue weighted by molar-refractivity contribution is 0.112. The molecule has 0 amide bonds. The van der Waals surface area contributed by atoms with Crippen LogP contribution < -0.4 is 4.74 Å². The Morgan fingerprint density at radius 1 is 1.29 bits per heavy atom. The van der Waals surface area contributed by atoms with Crippen molar-refractivity contribution >= 4 is 33.8 Å². The van der Waals surface area contributed by atoms with Crippen LogP contribution in [0.25, 0.3) is 0 Å². The van der Waals surface area contributed by atoms with E-state index in [2.05, 4.69) is 20.9 Å². The number of aldehydes is 1. The lowest BCUT2D eigenvalue weighted by Gasteiger charge is -2.06. The topological polar surface area (TPSA) is 39.2 Å². The number of rotatable bonds is 3. The molecule has 5 heteroatoms. The van der Waals surface area contributed by atoms with Crippen molar-refractivity contribution in [2.75, 3.05) is 0 Å². The number of hydrogen-bond acceptors (Lipinski definition) is 3. The molecular weight excluding hydrogens is 305 g/mol. The van der Waals surface area contributed by atoms with Gasteiger partial charge < -0.3 is 4.74 Å². The lowest BCUT2D eigenvalue weighted by atomic mass is 10.3. The summed E-state index contributed by atoms with van der Waals surface area (Å²) < 4.78 is 6.36. The molecule has 3 nitrogen and oxygen atoms in total. The zero-order valence-electron chi connectivity index (χ0n) is 8.56. The first-order valence-corrected chi connectivity index (χ1v) is 5.90. The Morgan fingerprint density at radius 3 is 2.71 bits per heavy atom. The van der Waals surface area contributed by atoms with Gasteiger partial charge in [0, 0.05) is 22.3 Å². The highest BCUT2D eigenvalue weighted by molar-refractivity contribution is 9.10. The highest BCUT2D eigenvalue weighted by atomic mass is 79.9. The van der Waals surface area contributed by atoms with Gasteiger partial charge in [0.1, 0.15) is 5.75 Å². The van der Waals surface area contributed by atoms with Gasteiger partial charge in [-0.25, -0.2) is 4.98 Å². The van der Waals surface area contributed by atoms with E-state index in [0.29, 0.717) is 22.2 Å². The molecule has 0 bridgehead atoms. The van der Waals surface area contributed by atoms with Gasteiger partial charge in [0.15, 0.2) is 6.29 Å². The summed E-state index contributed by atoms with van der Waals surface area (Å²) in [6.45, 7) is 0. The van der Waals surface area contributed by atoms with E-state index in [-0.39, 0.29) is 0 Å². The van der Waals surface area contributed by atoms with Crippen molar-refractivity contribution in [3.63, 3.8) is 0 Å². The number of ether oxygens (including phenoxy) is 1. The molecule has 1 heterocycles. The monoisotopic (exact) mass is 311 g/mol. The number of halogens is 2. The van der Waals surface area contributed by atoms with Crippen LogP contribution in [0.3, 0.4) is 0 Å². The van der Waals surface area contributed by atoms with Gasteiger partial charge in [0.2, 0.25) is 5.88 Å². The summed E-state index contributed by atoms with van der Waals surface area (Å²) in [5.41, 5.74) is 0.499. The Bertz CT molecular complexity index is 543. The van der Waals surface area contributed by atoms with Gasteiger partial charge in [0.25, 0.3) is 0 Å². The van der Waals surface area contributed by atoms with E-state index in [1.807, 2.05) is 6.07 Å². The molecule has 0 saturated heterocycles. The third-order valence-corrected chi connectivity index (χ3v) is 2.79. The second-order valence-electron chi connectivity index (χ2n) is 3.22. The Labute approximate surface area is 112 Å². The smallest absolute Gasteiger partial charge is 0.219 e. The number of carbonyl (C=O) groups is 1. The van der Waals surface area contributed by atoms with Crippen molar-refractivity contribution < 1.29 is 9.53 Å². The molecule has 0 spiro atoms. The fourth-order valence-electron chi connectivity index (χ4n) is 1.19. The average Bonchev–Trinajstić information content (AvgIpc) is 2.34. The molecule has 0 aliphatic heterocycles. The van der Waals surface area contributed by atoms with Crippen LogP contribution in [-0.4, -0.2) is 11.3 Å². The maximum absolute atomic E-state index is 10.5. The zero-order valence-corrected chi connectivity index (χ0v) is 10.9. The third-order valence-electron chi connectivity index (χ3n) is 2.00. The van der Waals surface area contributed by atoms with Crippen LogP contribution in [0.15, 0.2) is 41.0 Å². The Kier molecular flexibility index (Phi) is 3.76. The number of carbonyl (C=O) groups excluding carboxylic acids is 1. The van der Waals surface area contributed by atoms with E-state index in [1.54, 1.807) is 24.3 Å². The molecule has 1 aromatic heterocycles. The molecule has 86 valence electrons. The van der Waals surface area contributed by atoms with Crippen molar-refractivity contribution in [3.8, 4) is 11.6 Å². The molecule has 0 unspecified atom stereocenters. The SMILES string of the molecule is O=Cc1ccc(Oc2ccc(Br)cc2Cl)nc1. The van der Waals surface area contributed by atoms with Crippen LogP contribution >= 0.6 is 27.5 Å². The van der Waals surface area contributed by atoms with E-state index in [1.165, 1.54) is 6.20 Å². The normalized spacial score (nSPS) is 10.0. The predicted octanol–water partition coefficient (Wildman–Crippen LogP) is 4.10. The minimum absolute atomic E-state index is 0.389. The molecule has 0 saturated carbocycles. The van der Waals surface area contributed by atoms with Crippen molar-refractivity contribution in [3.05, 3.63) is 51.6 Å². The maximum Gasteiger partial charge on any atom is 0.219 e. The number of pyridine rings is 1. The van der Waals surface area contributed by atoms with Crippen LogP contribution in [0.1, 0.15) is 10.4 Å². The average molecular weight is 313 g/mol. The summed E-state index contributed by atoms with van der Waals surface area (Å²) in [5, 5.41) is 0.487. The molecule has 2 aromatic rings. The summed E-state index contributed by atoms with van der Waals surface area (Å²) in [5.74, 6) is 0.904. The van der Waals surface area contributed by atoms with Gasteiger partial charge in [-0.05, 0) is 24.3 Å². The molecule has 0 atom stereocenters. The first kappa shape index (κ1) is 12.1. The van der Waals surface area contributed by atoms with Crippen LogP contribution in [0, 0.1) is 0 Å². The largest absolute Gasteiger partial charge is 0.437 e. The minimum Gasteiger partial charge on any atom is -0.437 e. The van der Waals surface area contributed by atoms with Crippen molar-refractivity contribution in [2.45, 2.75) is 0 Å². The summed E-state index contributed by atoms with van der Waals surface area (Å²) in [6.07, 6.45) is 2.17. The summed E-state index contributed by atoms with van der Waals surface area (Å²) in [4.78, 5) is 14.4. The van der Waals surface area contributed by atoms with Crippen LogP contribution in [0.4, 0.5) is 0 Å². The third kappa shape index (κ3) is 3.05. The van der Waals surface area contributed by atoms with E-state index < -0.39 is 0 Å². The molecule has 0 fully saturated rings. The highest BCUT2D eigenvalue weighted by Crippen LogP contribution is 2.30. The fourth-order valence-corrected chi connectivity index (χ4v) is 1.90. The van der Waals surface area contributed by atoms with Gasteiger partial charge >= 0.3 is 0 Å². The zero-order chi connectivity index (χ0) is 12.3. The first-order valence-electron chi connectivity index (χ1n) is 4.73. The summed E-state index contributed by atoms with van der Waals surface area (Å²) in [6, 6.07) is 8.53. The van der Waals surface area contributed by atoms with E-state index >= 15 is 0 Å². The van der Waals surface area contributed by atoms with E-state index in [4.69, 9.17) is 16.3 Å². The van der Waals surface area contributed by atoms with Crippen LogP contribution in [-0.2, 0) is 0 Å². The first-order chi connectivity index (χ1) is 8.19. The Hall–Kier alpha value is -1.39. The molecular formula is C12H7BrClNO2. The number of nitrogens with zero attached hydrogens (tertiary/aromatic N) is 1. The standard InChI is InChI=1S/C12H7BrClNO2/c13-9-2-3-11(10(14)5-9)17-12-4-1-8(7-16)6-15-12/h1-7H. The molecule has 1 aromatic carbocycles.